The number of hydrogen-bond donors (Lipinski definition) is 1. The zero-order chi connectivity index (χ0) is 18.5. The third-order valence-corrected chi connectivity index (χ3v) is 5.42. The topological polar surface area (TPSA) is 74.6 Å². The van der Waals surface area contributed by atoms with Gasteiger partial charge in [0, 0.05) is 32.7 Å². The highest BCUT2D eigenvalue weighted by atomic mass is 32.2. The quantitative estimate of drug-likeness (QED) is 0.775. The predicted octanol–water partition coefficient (Wildman–Crippen LogP) is 1.28. The second-order valence-corrected chi connectivity index (χ2v) is 6.99. The Balaban J connectivity index is 1.67. The first-order valence-corrected chi connectivity index (χ1v) is 9.29. The van der Waals surface area contributed by atoms with Crippen molar-refractivity contribution in [3.8, 4) is 11.5 Å². The summed E-state index contributed by atoms with van der Waals surface area (Å²) in [6.07, 6.45) is 1.83. The van der Waals surface area contributed by atoms with Gasteiger partial charge in [0.15, 0.2) is 16.7 Å². The van der Waals surface area contributed by atoms with Crippen molar-refractivity contribution in [2.45, 2.75) is 0 Å². The predicted molar refractivity (Wildman–Crippen MR) is 103 cm³/mol. The highest BCUT2D eigenvalue weighted by Crippen LogP contribution is 2.33. The fourth-order valence-corrected chi connectivity index (χ4v) is 3.90. The number of carbonyl (C=O) groups is 1. The highest BCUT2D eigenvalue weighted by Gasteiger charge is 2.28. The van der Waals surface area contributed by atoms with Gasteiger partial charge in [0.25, 0.3) is 5.91 Å². The SMILES string of the molecule is COc1ccc(C=C2SC(N3CCN(CCO)CC3)=NC2=O)cc1OC. The van der Waals surface area contributed by atoms with Gasteiger partial charge in [0.2, 0.25) is 0 Å². The summed E-state index contributed by atoms with van der Waals surface area (Å²) in [5.74, 6) is 1.06. The van der Waals surface area contributed by atoms with Crippen molar-refractivity contribution in [3.05, 3.63) is 28.7 Å². The maximum absolute atomic E-state index is 12.3. The van der Waals surface area contributed by atoms with Crippen molar-refractivity contribution in [2.75, 3.05) is 53.6 Å². The standard InChI is InChI=1S/C18H23N3O4S/c1-24-14-4-3-13(11-15(14)25-2)12-16-17(23)19-18(26-16)21-7-5-20(6-8-21)9-10-22/h3-4,11-12,22H,5-10H2,1-2H3. The number of rotatable bonds is 5. The lowest BCUT2D eigenvalue weighted by Crippen LogP contribution is -2.48. The number of nitrogens with zero attached hydrogens (tertiary/aromatic N) is 3. The van der Waals surface area contributed by atoms with E-state index in [9.17, 15) is 4.79 Å². The first kappa shape index (κ1) is 18.8. The normalized spacial score (nSPS) is 19.8. The van der Waals surface area contributed by atoms with Gasteiger partial charge in [-0.1, -0.05) is 6.07 Å². The monoisotopic (exact) mass is 377 g/mol. The van der Waals surface area contributed by atoms with Crippen LogP contribution in [0.5, 0.6) is 11.5 Å². The van der Waals surface area contributed by atoms with Gasteiger partial charge in [-0.2, -0.15) is 4.99 Å². The van der Waals surface area contributed by atoms with Crippen molar-refractivity contribution in [1.82, 2.24) is 9.80 Å². The molecular weight excluding hydrogens is 354 g/mol. The third kappa shape index (κ3) is 4.20. The number of β-amino-alcohol motifs (C(OH)–C–C–N with tert-alkyl or cyclic N) is 1. The number of piperazine rings is 1. The average molecular weight is 377 g/mol. The van der Waals surface area contributed by atoms with Crippen LogP contribution in [0.1, 0.15) is 5.56 Å². The van der Waals surface area contributed by atoms with Crippen molar-refractivity contribution >= 4 is 28.9 Å². The molecule has 0 aromatic heterocycles. The summed E-state index contributed by atoms with van der Waals surface area (Å²) in [7, 11) is 3.18. The summed E-state index contributed by atoms with van der Waals surface area (Å²) < 4.78 is 10.5. The fraction of sp³-hybridized carbons (Fsp3) is 0.444. The number of aliphatic hydroxyl groups excluding tert-OH is 1. The molecule has 0 aliphatic carbocycles. The molecule has 1 fully saturated rings. The maximum Gasteiger partial charge on any atom is 0.286 e. The van der Waals surface area contributed by atoms with Crippen LogP contribution in [0.25, 0.3) is 6.08 Å². The van der Waals surface area contributed by atoms with E-state index in [4.69, 9.17) is 14.6 Å². The molecule has 0 atom stereocenters. The molecule has 2 heterocycles. The van der Waals surface area contributed by atoms with Crippen LogP contribution in [-0.2, 0) is 4.79 Å². The molecule has 7 nitrogen and oxygen atoms in total. The molecule has 0 unspecified atom stereocenters. The molecule has 26 heavy (non-hydrogen) atoms. The minimum Gasteiger partial charge on any atom is -0.493 e. The molecule has 1 saturated heterocycles. The van der Waals surface area contributed by atoms with Crippen LogP contribution in [0.15, 0.2) is 28.1 Å². The number of amides is 1. The molecule has 8 heteroatoms. The van der Waals surface area contributed by atoms with Crippen LogP contribution in [0, 0.1) is 0 Å². The number of carbonyl (C=O) groups excluding carboxylic acids is 1. The van der Waals surface area contributed by atoms with Crippen LogP contribution in [0.4, 0.5) is 0 Å². The smallest absolute Gasteiger partial charge is 0.286 e. The van der Waals surface area contributed by atoms with E-state index >= 15 is 0 Å². The Labute approximate surface area is 157 Å². The summed E-state index contributed by atoms with van der Waals surface area (Å²) in [4.78, 5) is 21.4. The summed E-state index contributed by atoms with van der Waals surface area (Å²) >= 11 is 1.41. The summed E-state index contributed by atoms with van der Waals surface area (Å²) in [5, 5.41) is 9.78. The molecule has 0 bridgehead atoms. The van der Waals surface area contributed by atoms with Crippen molar-refractivity contribution in [1.29, 1.82) is 0 Å². The number of benzene rings is 1. The van der Waals surface area contributed by atoms with Crippen molar-refractivity contribution in [3.63, 3.8) is 0 Å². The molecule has 0 radical (unpaired) electrons. The maximum atomic E-state index is 12.3. The number of amidine groups is 1. The van der Waals surface area contributed by atoms with Gasteiger partial charge in [0.1, 0.15) is 0 Å². The van der Waals surface area contributed by atoms with E-state index in [0.29, 0.717) is 22.9 Å². The molecule has 0 spiro atoms. The average Bonchev–Trinajstić information content (AvgIpc) is 3.03. The highest BCUT2D eigenvalue weighted by molar-refractivity contribution is 8.18. The molecule has 2 aliphatic heterocycles. The molecular formula is C18H23N3O4S. The summed E-state index contributed by atoms with van der Waals surface area (Å²) in [6, 6.07) is 5.54. The Bertz CT molecular complexity index is 727. The number of methoxy groups -OCH3 is 2. The van der Waals surface area contributed by atoms with Crippen molar-refractivity contribution < 1.29 is 19.4 Å². The van der Waals surface area contributed by atoms with Gasteiger partial charge in [0.05, 0.1) is 25.7 Å². The molecule has 1 aromatic rings. The molecule has 1 aromatic carbocycles. The fourth-order valence-electron chi connectivity index (χ4n) is 2.93. The van der Waals surface area contributed by atoms with Crippen LogP contribution in [-0.4, -0.2) is 79.5 Å². The van der Waals surface area contributed by atoms with Crippen LogP contribution < -0.4 is 9.47 Å². The molecule has 140 valence electrons. The van der Waals surface area contributed by atoms with E-state index in [1.165, 1.54) is 11.8 Å². The number of thioether (sulfide) groups is 1. The minimum atomic E-state index is -0.211. The van der Waals surface area contributed by atoms with Gasteiger partial charge in [-0.25, -0.2) is 0 Å². The van der Waals surface area contributed by atoms with Gasteiger partial charge >= 0.3 is 0 Å². The van der Waals surface area contributed by atoms with E-state index in [1.807, 2.05) is 24.3 Å². The summed E-state index contributed by atoms with van der Waals surface area (Å²) in [5.41, 5.74) is 0.864. The van der Waals surface area contributed by atoms with E-state index in [0.717, 1.165) is 36.9 Å². The Hall–Kier alpha value is -2.03. The summed E-state index contributed by atoms with van der Waals surface area (Å²) in [6.45, 7) is 4.21. The largest absolute Gasteiger partial charge is 0.493 e. The number of aliphatic imine (C=N–C) groups is 1. The van der Waals surface area contributed by atoms with E-state index in [2.05, 4.69) is 14.8 Å². The molecule has 1 amide bonds. The van der Waals surface area contributed by atoms with E-state index in [-0.39, 0.29) is 12.5 Å². The van der Waals surface area contributed by atoms with Crippen LogP contribution in [0.2, 0.25) is 0 Å². The number of aliphatic hydroxyl groups is 1. The second-order valence-electron chi connectivity index (χ2n) is 5.98. The minimum absolute atomic E-state index is 0.173. The lowest BCUT2D eigenvalue weighted by atomic mass is 10.2. The van der Waals surface area contributed by atoms with Gasteiger partial charge < -0.3 is 19.5 Å². The number of hydrogen-bond acceptors (Lipinski definition) is 7. The number of ether oxygens (including phenoxy) is 2. The zero-order valence-electron chi connectivity index (χ0n) is 15.0. The Kier molecular flexibility index (Phi) is 6.18. The molecule has 0 saturated carbocycles. The van der Waals surface area contributed by atoms with Crippen molar-refractivity contribution in [2.24, 2.45) is 4.99 Å². The Morgan fingerprint density at radius 1 is 1.19 bits per heavy atom. The Morgan fingerprint density at radius 3 is 2.58 bits per heavy atom. The molecule has 2 aliphatic rings. The van der Waals surface area contributed by atoms with Gasteiger partial charge in [-0.05, 0) is 35.5 Å². The van der Waals surface area contributed by atoms with E-state index in [1.54, 1.807) is 14.2 Å². The third-order valence-electron chi connectivity index (χ3n) is 4.37. The lowest BCUT2D eigenvalue weighted by Gasteiger charge is -2.34. The lowest BCUT2D eigenvalue weighted by molar-refractivity contribution is -0.113. The molecule has 1 N–H and O–H groups in total. The van der Waals surface area contributed by atoms with E-state index < -0.39 is 0 Å². The van der Waals surface area contributed by atoms with Crippen LogP contribution in [0.3, 0.4) is 0 Å². The first-order chi connectivity index (χ1) is 12.6. The van der Waals surface area contributed by atoms with Gasteiger partial charge in [-0.3, -0.25) is 9.69 Å². The second kappa shape index (κ2) is 8.57. The van der Waals surface area contributed by atoms with Gasteiger partial charge in [-0.15, -0.1) is 0 Å². The Morgan fingerprint density at radius 2 is 1.92 bits per heavy atom. The molecule has 3 rings (SSSR count). The zero-order valence-corrected chi connectivity index (χ0v) is 15.8. The van der Waals surface area contributed by atoms with Crippen LogP contribution >= 0.6 is 11.8 Å². The first-order valence-electron chi connectivity index (χ1n) is 8.47.